The molecule has 3 fully saturated rings. The number of anilines is 1. The molecule has 2 saturated carbocycles. The Hall–Kier alpha value is -4.97. The number of likely N-dealkylation sites (tertiary alicyclic amines) is 1. The van der Waals surface area contributed by atoms with Gasteiger partial charge in [0.1, 0.15) is 17.5 Å². The van der Waals surface area contributed by atoms with Gasteiger partial charge in [-0.2, -0.15) is 0 Å². The molecule has 1 aliphatic heterocycles. The summed E-state index contributed by atoms with van der Waals surface area (Å²) in [5, 5.41) is 2.98. The summed E-state index contributed by atoms with van der Waals surface area (Å²) in [6, 6.07) is 33.8. The molecule has 5 aliphatic rings. The monoisotopic (exact) mass is 580 g/mol. The molecule has 1 saturated heterocycles. The molecule has 7 atom stereocenters. The normalized spacial score (nSPS) is 26.6. The largest absolute Gasteiger partial charge is 0.457 e. The molecule has 2 bridgehead atoms. The van der Waals surface area contributed by atoms with Gasteiger partial charge in [0.2, 0.25) is 17.7 Å². The Labute approximate surface area is 256 Å². The van der Waals surface area contributed by atoms with Crippen molar-refractivity contribution in [2.75, 3.05) is 5.32 Å². The molecule has 4 aromatic carbocycles. The maximum Gasteiger partial charge on any atom is 0.248 e. The fraction of sp³-hybridized carbons (Fsp3) is 0.237. The summed E-state index contributed by atoms with van der Waals surface area (Å²) in [5.74, 6) is 1.13. The lowest BCUT2D eigenvalue weighted by molar-refractivity contribution is -0.146. The molecular formula is C38H32N2O4. The van der Waals surface area contributed by atoms with Gasteiger partial charge in [-0.15, -0.1) is 0 Å². The third-order valence-electron chi connectivity index (χ3n) is 9.90. The van der Waals surface area contributed by atoms with Crippen molar-refractivity contribution >= 4 is 23.4 Å². The zero-order valence-electron chi connectivity index (χ0n) is 24.1. The van der Waals surface area contributed by atoms with Crippen LogP contribution in [0, 0.1) is 35.5 Å². The van der Waals surface area contributed by atoms with Gasteiger partial charge in [-0.05, 0) is 83.2 Å². The lowest BCUT2D eigenvalue weighted by atomic mass is 9.63. The second-order valence-electron chi connectivity index (χ2n) is 12.4. The van der Waals surface area contributed by atoms with Crippen LogP contribution in [0.5, 0.6) is 11.5 Å². The summed E-state index contributed by atoms with van der Waals surface area (Å²) in [6.45, 7) is 0. The summed E-state index contributed by atoms with van der Waals surface area (Å²) >= 11 is 0. The van der Waals surface area contributed by atoms with E-state index >= 15 is 0 Å². The zero-order valence-corrected chi connectivity index (χ0v) is 24.1. The van der Waals surface area contributed by atoms with E-state index in [1.165, 1.54) is 4.90 Å². The van der Waals surface area contributed by atoms with Crippen LogP contribution in [0.4, 0.5) is 5.69 Å². The molecule has 4 aromatic rings. The number of amides is 3. The fourth-order valence-corrected chi connectivity index (χ4v) is 7.74. The van der Waals surface area contributed by atoms with Crippen LogP contribution < -0.4 is 10.1 Å². The molecule has 1 N–H and O–H groups in total. The Morgan fingerprint density at radius 1 is 0.705 bits per heavy atom. The summed E-state index contributed by atoms with van der Waals surface area (Å²) in [4.78, 5) is 42.9. The van der Waals surface area contributed by atoms with Crippen LogP contribution in [0.3, 0.4) is 0 Å². The molecular weight excluding hydrogens is 548 g/mol. The Balaban J connectivity index is 0.991. The SMILES string of the molecule is O=C(Nc1ccc(Oc2ccc(-c3ccccc3)cc2)cc1)[C@@H](Cc1ccccc1)N1C(=O)[C@@H]2[C@@H]3C=C[C@H]([C@H]4C[C@@H]34)[C@@H]2C1=O. The number of allylic oxidation sites excluding steroid dienone is 2. The van der Waals surface area contributed by atoms with E-state index in [2.05, 4.69) is 29.6 Å². The van der Waals surface area contributed by atoms with Crippen molar-refractivity contribution in [2.45, 2.75) is 18.9 Å². The van der Waals surface area contributed by atoms with Crippen molar-refractivity contribution in [3.8, 4) is 22.6 Å². The smallest absolute Gasteiger partial charge is 0.248 e. The number of imide groups is 1. The highest BCUT2D eigenvalue weighted by Gasteiger charge is 2.67. The Morgan fingerprint density at radius 3 is 1.82 bits per heavy atom. The lowest BCUT2D eigenvalue weighted by Crippen LogP contribution is -2.49. The second kappa shape index (κ2) is 10.6. The number of carbonyl (C=O) groups is 3. The molecule has 6 nitrogen and oxygen atoms in total. The first-order valence-corrected chi connectivity index (χ1v) is 15.4. The zero-order chi connectivity index (χ0) is 29.8. The van der Waals surface area contributed by atoms with Gasteiger partial charge in [0.15, 0.2) is 0 Å². The van der Waals surface area contributed by atoms with Gasteiger partial charge in [-0.3, -0.25) is 19.3 Å². The van der Waals surface area contributed by atoms with E-state index in [1.807, 2.05) is 72.8 Å². The topological polar surface area (TPSA) is 75.7 Å². The molecule has 44 heavy (non-hydrogen) atoms. The molecule has 0 unspecified atom stereocenters. The molecule has 218 valence electrons. The summed E-state index contributed by atoms with van der Waals surface area (Å²) in [7, 11) is 0. The van der Waals surface area contributed by atoms with Crippen molar-refractivity contribution in [1.82, 2.24) is 4.90 Å². The number of rotatable bonds is 8. The molecule has 4 aliphatic carbocycles. The highest BCUT2D eigenvalue weighted by Crippen LogP contribution is 2.65. The van der Waals surface area contributed by atoms with Crippen LogP contribution in [0.15, 0.2) is 121 Å². The molecule has 0 aromatic heterocycles. The summed E-state index contributed by atoms with van der Waals surface area (Å²) in [5.41, 5.74) is 3.71. The highest BCUT2D eigenvalue weighted by molar-refractivity contribution is 6.10. The quantitative estimate of drug-likeness (QED) is 0.185. The van der Waals surface area contributed by atoms with E-state index in [0.717, 1.165) is 23.1 Å². The average Bonchev–Trinajstić information content (AvgIpc) is 3.85. The third kappa shape index (κ3) is 4.62. The van der Waals surface area contributed by atoms with E-state index in [1.54, 1.807) is 24.3 Å². The van der Waals surface area contributed by atoms with Crippen molar-refractivity contribution in [3.05, 3.63) is 127 Å². The minimum atomic E-state index is -0.933. The molecule has 0 radical (unpaired) electrons. The average molecular weight is 581 g/mol. The van der Waals surface area contributed by atoms with E-state index in [0.29, 0.717) is 29.0 Å². The first-order valence-electron chi connectivity index (χ1n) is 15.4. The van der Waals surface area contributed by atoms with Gasteiger partial charge in [-0.1, -0.05) is 84.9 Å². The number of ether oxygens (including phenoxy) is 1. The van der Waals surface area contributed by atoms with Crippen LogP contribution in [-0.2, 0) is 20.8 Å². The fourth-order valence-electron chi connectivity index (χ4n) is 7.74. The van der Waals surface area contributed by atoms with Crippen molar-refractivity contribution < 1.29 is 19.1 Å². The number of hydrogen-bond acceptors (Lipinski definition) is 4. The molecule has 6 heteroatoms. The van der Waals surface area contributed by atoms with Crippen LogP contribution in [0.25, 0.3) is 11.1 Å². The third-order valence-corrected chi connectivity index (χ3v) is 9.90. The predicted octanol–water partition coefficient (Wildman–Crippen LogP) is 6.75. The minimum Gasteiger partial charge on any atom is -0.457 e. The molecule has 1 heterocycles. The number of carbonyl (C=O) groups excluding carboxylic acids is 3. The number of hydrogen-bond donors (Lipinski definition) is 1. The Kier molecular flexibility index (Phi) is 6.44. The molecule has 9 rings (SSSR count). The first-order chi connectivity index (χ1) is 21.5. The van der Waals surface area contributed by atoms with E-state index in [-0.39, 0.29) is 47.8 Å². The second-order valence-corrected chi connectivity index (χ2v) is 12.4. The molecule has 3 amide bonds. The number of nitrogens with zero attached hydrogens (tertiary/aromatic N) is 1. The van der Waals surface area contributed by atoms with Crippen LogP contribution in [0.2, 0.25) is 0 Å². The summed E-state index contributed by atoms with van der Waals surface area (Å²) in [6.07, 6.45) is 5.67. The highest BCUT2D eigenvalue weighted by atomic mass is 16.5. The van der Waals surface area contributed by atoms with Gasteiger partial charge in [0.05, 0.1) is 11.8 Å². The van der Waals surface area contributed by atoms with Crippen LogP contribution in [-0.4, -0.2) is 28.7 Å². The van der Waals surface area contributed by atoms with Crippen molar-refractivity contribution in [3.63, 3.8) is 0 Å². The maximum atomic E-state index is 13.9. The first kappa shape index (κ1) is 26.6. The molecule has 0 spiro atoms. The van der Waals surface area contributed by atoms with E-state index in [9.17, 15) is 14.4 Å². The number of benzene rings is 4. The van der Waals surface area contributed by atoms with E-state index in [4.69, 9.17) is 4.74 Å². The maximum absolute atomic E-state index is 13.9. The van der Waals surface area contributed by atoms with E-state index < -0.39 is 6.04 Å². The van der Waals surface area contributed by atoms with Gasteiger partial charge >= 0.3 is 0 Å². The predicted molar refractivity (Wildman–Crippen MR) is 168 cm³/mol. The van der Waals surface area contributed by atoms with Gasteiger partial charge in [0.25, 0.3) is 0 Å². The van der Waals surface area contributed by atoms with Crippen molar-refractivity contribution in [2.24, 2.45) is 35.5 Å². The van der Waals surface area contributed by atoms with Gasteiger partial charge < -0.3 is 10.1 Å². The Bertz CT molecular complexity index is 1710. The number of nitrogens with one attached hydrogen (secondary N) is 1. The lowest BCUT2D eigenvalue weighted by Gasteiger charge is -2.37. The van der Waals surface area contributed by atoms with Crippen molar-refractivity contribution in [1.29, 1.82) is 0 Å². The van der Waals surface area contributed by atoms with Crippen LogP contribution >= 0.6 is 0 Å². The van der Waals surface area contributed by atoms with Gasteiger partial charge in [-0.25, -0.2) is 0 Å². The summed E-state index contributed by atoms with van der Waals surface area (Å²) < 4.78 is 6.04. The minimum absolute atomic E-state index is 0.110. The van der Waals surface area contributed by atoms with Crippen LogP contribution in [0.1, 0.15) is 12.0 Å². The Morgan fingerprint density at radius 2 is 1.23 bits per heavy atom. The van der Waals surface area contributed by atoms with Gasteiger partial charge in [0, 0.05) is 12.1 Å². The standard InChI is InChI=1S/C38H32N2O4/c41-36(39-26-13-17-28(18-14-26)44-27-15-11-25(12-16-27)24-9-5-2-6-10-24)33(21-23-7-3-1-4-8-23)40-37(42)34-29-19-20-30(32-22-31(29)32)35(34)38(40)43/h1-20,29-35H,21-22H2,(H,39,41)/t29-,30-,31-,32+,33-,34+,35-/m1/s1.